The molecule has 7 heteroatoms. The van der Waals surface area contributed by atoms with Crippen LogP contribution in [0.25, 0.3) is 5.69 Å². The Bertz CT molecular complexity index is 1220. The molecule has 0 aliphatic carbocycles. The molecule has 0 bridgehead atoms. The number of anilines is 1. The van der Waals surface area contributed by atoms with Crippen molar-refractivity contribution < 1.29 is 0 Å². The minimum Gasteiger partial charge on any atom is -0.370 e. The van der Waals surface area contributed by atoms with Crippen LogP contribution in [0.1, 0.15) is 29.9 Å². The van der Waals surface area contributed by atoms with Crippen LogP contribution in [-0.2, 0) is 6.54 Å². The van der Waals surface area contributed by atoms with Crippen LogP contribution in [-0.4, -0.2) is 27.2 Å². The fraction of sp³-hybridized carbons (Fsp3) is 0.375. The van der Waals surface area contributed by atoms with Gasteiger partial charge in [0.15, 0.2) is 0 Å². The average Bonchev–Trinajstić information content (AvgIpc) is 2.71. The van der Waals surface area contributed by atoms with Crippen LogP contribution < -0.4 is 16.0 Å². The second-order valence-corrected chi connectivity index (χ2v) is 8.79. The molecule has 3 heterocycles. The van der Waals surface area contributed by atoms with Gasteiger partial charge in [-0.25, -0.2) is 4.98 Å². The first-order valence-electron chi connectivity index (χ1n) is 10.6. The van der Waals surface area contributed by atoms with Gasteiger partial charge in [0.1, 0.15) is 5.82 Å². The Morgan fingerprint density at radius 2 is 1.74 bits per heavy atom. The predicted molar refractivity (Wildman–Crippen MR) is 125 cm³/mol. The number of hydrogen-bond donors (Lipinski definition) is 0. The van der Waals surface area contributed by atoms with E-state index in [1.165, 1.54) is 6.07 Å². The number of aromatic nitrogens is 3. The van der Waals surface area contributed by atoms with Gasteiger partial charge in [-0.2, -0.15) is 0 Å². The van der Waals surface area contributed by atoms with E-state index < -0.39 is 0 Å². The molecular formula is C24H27ClN4O2. The lowest BCUT2D eigenvalue weighted by atomic mass is 9.96. The first-order chi connectivity index (χ1) is 14.8. The normalized spacial score (nSPS) is 14.8. The zero-order chi connectivity index (χ0) is 22.1. The molecule has 0 spiro atoms. The Hall–Kier alpha value is -2.86. The molecule has 6 nitrogen and oxygen atoms in total. The predicted octanol–water partition coefficient (Wildman–Crippen LogP) is 3.89. The summed E-state index contributed by atoms with van der Waals surface area (Å²) in [7, 11) is 0. The lowest BCUT2D eigenvalue weighted by Gasteiger charge is -2.34. The summed E-state index contributed by atoms with van der Waals surface area (Å²) < 4.78 is 3.40. The highest BCUT2D eigenvalue weighted by Crippen LogP contribution is 2.31. The van der Waals surface area contributed by atoms with Crippen LogP contribution in [0.2, 0.25) is 5.02 Å². The molecule has 3 aromatic rings. The van der Waals surface area contributed by atoms with E-state index in [4.69, 9.17) is 11.6 Å². The molecule has 1 aromatic carbocycles. The monoisotopic (exact) mass is 438 g/mol. The van der Waals surface area contributed by atoms with Gasteiger partial charge in [-0.15, -0.1) is 0 Å². The molecule has 0 N–H and O–H groups in total. The van der Waals surface area contributed by atoms with Gasteiger partial charge >= 0.3 is 0 Å². The van der Waals surface area contributed by atoms with Crippen molar-refractivity contribution in [1.82, 2.24) is 14.1 Å². The van der Waals surface area contributed by atoms with E-state index in [2.05, 4.69) is 9.88 Å². The summed E-state index contributed by atoms with van der Waals surface area (Å²) in [5.41, 5.74) is 3.45. The quantitative estimate of drug-likeness (QED) is 0.620. The van der Waals surface area contributed by atoms with E-state index in [9.17, 15) is 9.59 Å². The Balaban J connectivity index is 1.48. The van der Waals surface area contributed by atoms with Crippen molar-refractivity contribution in [3.63, 3.8) is 0 Å². The maximum absolute atomic E-state index is 12.4. The molecule has 0 atom stereocenters. The largest absolute Gasteiger partial charge is 0.370 e. The highest BCUT2D eigenvalue weighted by atomic mass is 35.5. The third-order valence-electron chi connectivity index (χ3n) is 5.95. The standard InChI is InChI=1S/C24H27ClN4O2/c1-16-4-7-23(30)28(14-16)15-19-8-10-27(11-9-19)22-6-5-20(13-21(22)25)29-18(3)26-17(2)12-24(29)31/h4-7,12-14,19H,8-11,15H2,1-3H3. The van der Waals surface area contributed by atoms with Gasteiger partial charge in [0.05, 0.1) is 16.4 Å². The zero-order valence-electron chi connectivity index (χ0n) is 18.1. The van der Waals surface area contributed by atoms with Gasteiger partial charge in [-0.3, -0.25) is 14.2 Å². The first-order valence-corrected chi connectivity index (χ1v) is 11.0. The number of rotatable bonds is 4. The van der Waals surface area contributed by atoms with Crippen LogP contribution >= 0.6 is 11.6 Å². The Kier molecular flexibility index (Phi) is 6.01. The number of pyridine rings is 1. The van der Waals surface area contributed by atoms with Gasteiger partial charge in [-0.05, 0) is 63.3 Å². The summed E-state index contributed by atoms with van der Waals surface area (Å²) >= 11 is 6.63. The summed E-state index contributed by atoms with van der Waals surface area (Å²) in [4.78, 5) is 31.2. The van der Waals surface area contributed by atoms with Crippen molar-refractivity contribution in [2.45, 2.75) is 40.2 Å². The van der Waals surface area contributed by atoms with Gasteiger partial charge < -0.3 is 9.47 Å². The molecule has 4 rings (SSSR count). The topological polar surface area (TPSA) is 60.1 Å². The maximum Gasteiger partial charge on any atom is 0.258 e. The van der Waals surface area contributed by atoms with E-state index in [0.29, 0.717) is 22.5 Å². The molecule has 0 amide bonds. The van der Waals surface area contributed by atoms with Crippen LogP contribution in [0.4, 0.5) is 5.69 Å². The van der Waals surface area contributed by atoms with Crippen molar-refractivity contribution >= 4 is 17.3 Å². The van der Waals surface area contributed by atoms with Crippen molar-refractivity contribution in [1.29, 1.82) is 0 Å². The summed E-state index contributed by atoms with van der Waals surface area (Å²) in [6, 6.07) is 10.8. The van der Waals surface area contributed by atoms with Crippen molar-refractivity contribution in [3.05, 3.63) is 85.4 Å². The summed E-state index contributed by atoms with van der Waals surface area (Å²) in [5.74, 6) is 1.11. The summed E-state index contributed by atoms with van der Waals surface area (Å²) in [6.45, 7) is 8.16. The van der Waals surface area contributed by atoms with Crippen molar-refractivity contribution in [3.8, 4) is 5.69 Å². The number of aryl methyl sites for hydroxylation is 3. The fourth-order valence-corrected chi connectivity index (χ4v) is 4.67. The Labute approximate surface area is 186 Å². The van der Waals surface area contributed by atoms with Crippen molar-refractivity contribution in [2.24, 2.45) is 5.92 Å². The van der Waals surface area contributed by atoms with Gasteiger partial charge in [0, 0.05) is 43.7 Å². The van der Waals surface area contributed by atoms with Crippen LogP contribution in [0, 0.1) is 26.7 Å². The number of halogens is 1. The summed E-state index contributed by atoms with van der Waals surface area (Å²) in [6.07, 6.45) is 3.94. The first kappa shape index (κ1) is 21.4. The Morgan fingerprint density at radius 3 is 2.42 bits per heavy atom. The number of hydrogen-bond acceptors (Lipinski definition) is 4. The molecule has 1 aliphatic rings. The average molecular weight is 439 g/mol. The molecule has 162 valence electrons. The molecular weight excluding hydrogens is 412 g/mol. The highest BCUT2D eigenvalue weighted by molar-refractivity contribution is 6.33. The molecule has 1 fully saturated rings. The maximum atomic E-state index is 12.4. The lowest BCUT2D eigenvalue weighted by Crippen LogP contribution is -2.36. The molecule has 0 unspecified atom stereocenters. The molecule has 2 aromatic heterocycles. The fourth-order valence-electron chi connectivity index (χ4n) is 4.37. The number of benzene rings is 1. The molecule has 1 aliphatic heterocycles. The van der Waals surface area contributed by atoms with Gasteiger partial charge in [-0.1, -0.05) is 17.7 Å². The van der Waals surface area contributed by atoms with E-state index in [1.54, 1.807) is 10.6 Å². The molecule has 0 radical (unpaired) electrons. The zero-order valence-corrected chi connectivity index (χ0v) is 18.9. The van der Waals surface area contributed by atoms with E-state index in [0.717, 1.165) is 49.4 Å². The van der Waals surface area contributed by atoms with Crippen LogP contribution in [0.3, 0.4) is 0 Å². The SMILES string of the molecule is Cc1ccc(=O)n(CC2CCN(c3ccc(-n4c(C)nc(C)cc4=O)cc3Cl)CC2)c1. The van der Waals surface area contributed by atoms with Gasteiger partial charge in [0.2, 0.25) is 0 Å². The van der Waals surface area contributed by atoms with Crippen molar-refractivity contribution in [2.75, 3.05) is 18.0 Å². The minimum absolute atomic E-state index is 0.0581. The third-order valence-corrected chi connectivity index (χ3v) is 6.25. The lowest BCUT2D eigenvalue weighted by molar-refractivity contribution is 0.352. The van der Waals surface area contributed by atoms with Crippen LogP contribution in [0.15, 0.2) is 52.2 Å². The minimum atomic E-state index is -0.110. The van der Waals surface area contributed by atoms with Crippen LogP contribution in [0.5, 0.6) is 0 Å². The number of piperidine rings is 1. The molecule has 1 saturated heterocycles. The second kappa shape index (κ2) is 8.71. The smallest absolute Gasteiger partial charge is 0.258 e. The molecule has 31 heavy (non-hydrogen) atoms. The second-order valence-electron chi connectivity index (χ2n) is 8.38. The third kappa shape index (κ3) is 4.59. The van der Waals surface area contributed by atoms with E-state index in [1.807, 2.05) is 55.8 Å². The Morgan fingerprint density at radius 1 is 1.00 bits per heavy atom. The van der Waals surface area contributed by atoms with E-state index >= 15 is 0 Å². The number of nitrogens with zero attached hydrogens (tertiary/aromatic N) is 4. The molecule has 0 saturated carbocycles. The van der Waals surface area contributed by atoms with Gasteiger partial charge in [0.25, 0.3) is 11.1 Å². The van der Waals surface area contributed by atoms with E-state index in [-0.39, 0.29) is 11.1 Å². The summed E-state index contributed by atoms with van der Waals surface area (Å²) in [5, 5.41) is 0.623. The highest BCUT2D eigenvalue weighted by Gasteiger charge is 2.22.